The van der Waals surface area contributed by atoms with Crippen LogP contribution in [0.25, 0.3) is 0 Å². The van der Waals surface area contributed by atoms with Crippen LogP contribution in [0.2, 0.25) is 0 Å². The maximum atomic E-state index is 12.9. The third-order valence-corrected chi connectivity index (χ3v) is 5.20. The highest BCUT2D eigenvalue weighted by atomic mass is 19.4. The lowest BCUT2D eigenvalue weighted by Gasteiger charge is -2.35. The normalized spacial score (nSPS) is 26.0. The van der Waals surface area contributed by atoms with Crippen molar-refractivity contribution >= 4 is 17.5 Å². The SMILES string of the molecule is CC1CN(CCNC(=O)C2CC(=O)N(c3cccc(C(F)(F)F)c3)C2)CC(C)O1. The zero-order valence-electron chi connectivity index (χ0n) is 16.5. The molecule has 160 valence electrons. The van der Waals surface area contributed by atoms with Crippen molar-refractivity contribution in [1.29, 1.82) is 0 Å². The van der Waals surface area contributed by atoms with Gasteiger partial charge in [0.25, 0.3) is 0 Å². The monoisotopic (exact) mass is 413 g/mol. The molecule has 3 unspecified atom stereocenters. The van der Waals surface area contributed by atoms with E-state index in [9.17, 15) is 22.8 Å². The lowest BCUT2D eigenvalue weighted by atomic mass is 10.1. The van der Waals surface area contributed by atoms with Crippen molar-refractivity contribution < 1.29 is 27.5 Å². The molecule has 0 aromatic heterocycles. The van der Waals surface area contributed by atoms with Crippen molar-refractivity contribution in [3.05, 3.63) is 29.8 Å². The maximum absolute atomic E-state index is 12.9. The number of hydrogen-bond donors (Lipinski definition) is 1. The third-order valence-electron chi connectivity index (χ3n) is 5.20. The summed E-state index contributed by atoms with van der Waals surface area (Å²) in [5.74, 6) is -1.16. The smallest absolute Gasteiger partial charge is 0.373 e. The maximum Gasteiger partial charge on any atom is 0.416 e. The summed E-state index contributed by atoms with van der Waals surface area (Å²) < 4.78 is 44.4. The number of anilines is 1. The van der Waals surface area contributed by atoms with Crippen LogP contribution in [0.3, 0.4) is 0 Å². The van der Waals surface area contributed by atoms with Crippen molar-refractivity contribution in [2.45, 2.75) is 38.7 Å². The van der Waals surface area contributed by atoms with Crippen molar-refractivity contribution in [3.8, 4) is 0 Å². The Hall–Kier alpha value is -2.13. The fourth-order valence-electron chi connectivity index (χ4n) is 3.93. The predicted molar refractivity (Wildman–Crippen MR) is 101 cm³/mol. The molecule has 6 nitrogen and oxygen atoms in total. The average Bonchev–Trinajstić information content (AvgIpc) is 3.02. The van der Waals surface area contributed by atoms with Crippen LogP contribution in [-0.4, -0.2) is 61.6 Å². The highest BCUT2D eigenvalue weighted by Gasteiger charge is 2.37. The first-order valence-electron chi connectivity index (χ1n) is 9.76. The molecular formula is C20H26F3N3O3. The van der Waals surface area contributed by atoms with E-state index in [-0.39, 0.29) is 42.7 Å². The number of carbonyl (C=O) groups is 2. The van der Waals surface area contributed by atoms with Gasteiger partial charge in [0.05, 0.1) is 23.7 Å². The van der Waals surface area contributed by atoms with Crippen LogP contribution >= 0.6 is 0 Å². The number of hydrogen-bond acceptors (Lipinski definition) is 4. The third kappa shape index (κ3) is 5.48. The van der Waals surface area contributed by atoms with Crippen LogP contribution in [0.1, 0.15) is 25.8 Å². The topological polar surface area (TPSA) is 61.9 Å². The first-order valence-corrected chi connectivity index (χ1v) is 9.76. The van der Waals surface area contributed by atoms with E-state index < -0.39 is 17.7 Å². The minimum atomic E-state index is -4.48. The summed E-state index contributed by atoms with van der Waals surface area (Å²) in [6.07, 6.45) is -4.21. The Bertz CT molecular complexity index is 746. The molecule has 0 radical (unpaired) electrons. The summed E-state index contributed by atoms with van der Waals surface area (Å²) in [6.45, 7) is 6.82. The van der Waals surface area contributed by atoms with Crippen molar-refractivity contribution in [2.75, 3.05) is 37.6 Å². The van der Waals surface area contributed by atoms with Gasteiger partial charge in [0.2, 0.25) is 11.8 Å². The Labute approximate surface area is 168 Å². The second-order valence-electron chi connectivity index (χ2n) is 7.76. The Morgan fingerprint density at radius 3 is 2.55 bits per heavy atom. The standard InChI is InChI=1S/C20H26F3N3O3/c1-13-10-25(11-14(2)29-13)7-6-24-19(28)15-8-18(27)26(12-15)17-5-3-4-16(9-17)20(21,22)23/h3-5,9,13-15H,6-8,10-12H2,1-2H3,(H,24,28). The molecule has 1 N–H and O–H groups in total. The number of amides is 2. The van der Waals surface area contributed by atoms with Crippen molar-refractivity contribution in [3.63, 3.8) is 0 Å². The minimum absolute atomic E-state index is 0.00625. The van der Waals surface area contributed by atoms with Crippen LogP contribution in [-0.2, 0) is 20.5 Å². The van der Waals surface area contributed by atoms with Crippen molar-refractivity contribution in [1.82, 2.24) is 10.2 Å². The second kappa shape index (κ2) is 8.71. The summed E-state index contributed by atoms with van der Waals surface area (Å²) in [5.41, 5.74) is -0.652. The van der Waals surface area contributed by atoms with Crippen LogP contribution in [0.15, 0.2) is 24.3 Å². The fraction of sp³-hybridized carbons (Fsp3) is 0.600. The van der Waals surface area contributed by atoms with Crippen LogP contribution in [0.4, 0.5) is 18.9 Å². The molecule has 2 heterocycles. The van der Waals surface area contributed by atoms with Gasteiger partial charge in [-0.15, -0.1) is 0 Å². The molecule has 0 spiro atoms. The molecule has 29 heavy (non-hydrogen) atoms. The average molecular weight is 413 g/mol. The van der Waals surface area contributed by atoms with E-state index in [1.54, 1.807) is 0 Å². The molecule has 2 aliphatic rings. The molecular weight excluding hydrogens is 387 g/mol. The number of rotatable bonds is 5. The lowest BCUT2D eigenvalue weighted by Crippen LogP contribution is -2.48. The van der Waals surface area contributed by atoms with E-state index >= 15 is 0 Å². The van der Waals surface area contributed by atoms with E-state index in [1.165, 1.54) is 17.0 Å². The Kier molecular flexibility index (Phi) is 6.48. The van der Waals surface area contributed by atoms with Gasteiger partial charge in [0, 0.05) is 44.8 Å². The fourth-order valence-corrected chi connectivity index (χ4v) is 3.93. The van der Waals surface area contributed by atoms with Gasteiger partial charge in [-0.1, -0.05) is 6.07 Å². The number of ether oxygens (including phenoxy) is 1. The number of benzene rings is 1. The molecule has 2 aliphatic heterocycles. The quantitative estimate of drug-likeness (QED) is 0.805. The van der Waals surface area contributed by atoms with Gasteiger partial charge in [0.1, 0.15) is 0 Å². The van der Waals surface area contributed by atoms with Gasteiger partial charge < -0.3 is 15.0 Å². The van der Waals surface area contributed by atoms with Gasteiger partial charge in [-0.25, -0.2) is 0 Å². The zero-order chi connectivity index (χ0) is 21.2. The molecule has 9 heteroatoms. The predicted octanol–water partition coefficient (Wildman–Crippen LogP) is 2.28. The molecule has 0 saturated carbocycles. The largest absolute Gasteiger partial charge is 0.416 e. The molecule has 2 amide bonds. The van der Waals surface area contributed by atoms with Crippen LogP contribution in [0, 0.1) is 5.92 Å². The lowest BCUT2D eigenvalue weighted by molar-refractivity contribution is -0.137. The van der Waals surface area contributed by atoms with Crippen molar-refractivity contribution in [2.24, 2.45) is 5.92 Å². The number of halogens is 3. The van der Waals surface area contributed by atoms with Crippen LogP contribution < -0.4 is 10.2 Å². The molecule has 3 rings (SSSR count). The van der Waals surface area contributed by atoms with E-state index in [4.69, 9.17) is 4.74 Å². The summed E-state index contributed by atoms with van der Waals surface area (Å²) in [4.78, 5) is 28.2. The highest BCUT2D eigenvalue weighted by molar-refractivity contribution is 6.00. The number of nitrogens with one attached hydrogen (secondary N) is 1. The summed E-state index contributed by atoms with van der Waals surface area (Å²) in [7, 11) is 0. The molecule has 2 fully saturated rings. The number of morpholine rings is 1. The highest BCUT2D eigenvalue weighted by Crippen LogP contribution is 2.33. The van der Waals surface area contributed by atoms with Gasteiger partial charge in [0.15, 0.2) is 0 Å². The molecule has 2 saturated heterocycles. The number of carbonyl (C=O) groups excluding carboxylic acids is 2. The molecule has 0 bridgehead atoms. The van der Waals surface area contributed by atoms with E-state index in [2.05, 4.69) is 10.2 Å². The van der Waals surface area contributed by atoms with E-state index in [1.807, 2.05) is 13.8 Å². The Balaban J connectivity index is 1.53. The zero-order valence-corrected chi connectivity index (χ0v) is 16.5. The molecule has 1 aromatic rings. The number of nitrogens with zero attached hydrogens (tertiary/aromatic N) is 2. The molecule has 0 aliphatic carbocycles. The Morgan fingerprint density at radius 2 is 1.90 bits per heavy atom. The number of alkyl halides is 3. The van der Waals surface area contributed by atoms with Gasteiger partial charge in [-0.2, -0.15) is 13.2 Å². The summed E-state index contributed by atoms with van der Waals surface area (Å²) in [5, 5.41) is 2.85. The van der Waals surface area contributed by atoms with Crippen LogP contribution in [0.5, 0.6) is 0 Å². The molecule has 1 aromatic carbocycles. The first kappa shape index (κ1) is 21.6. The summed E-state index contributed by atoms with van der Waals surface area (Å²) >= 11 is 0. The first-order chi connectivity index (χ1) is 13.6. The van der Waals surface area contributed by atoms with E-state index in [0.29, 0.717) is 13.1 Å². The minimum Gasteiger partial charge on any atom is -0.373 e. The molecule has 3 atom stereocenters. The summed E-state index contributed by atoms with van der Waals surface area (Å²) in [6, 6.07) is 4.62. The van der Waals surface area contributed by atoms with E-state index in [0.717, 1.165) is 25.2 Å². The Morgan fingerprint density at radius 1 is 1.21 bits per heavy atom. The van der Waals surface area contributed by atoms with Gasteiger partial charge >= 0.3 is 6.18 Å². The van der Waals surface area contributed by atoms with Gasteiger partial charge in [-0.05, 0) is 32.0 Å². The second-order valence-corrected chi connectivity index (χ2v) is 7.76. The van der Waals surface area contributed by atoms with Gasteiger partial charge in [-0.3, -0.25) is 14.5 Å².